The third kappa shape index (κ3) is 2.44. The van der Waals surface area contributed by atoms with E-state index < -0.39 is 0 Å². The van der Waals surface area contributed by atoms with Crippen LogP contribution < -0.4 is 5.32 Å². The number of aryl methyl sites for hydroxylation is 1. The highest BCUT2D eigenvalue weighted by molar-refractivity contribution is 7.14. The molecule has 0 saturated heterocycles. The predicted octanol–water partition coefficient (Wildman–Crippen LogP) is 4.26. The summed E-state index contributed by atoms with van der Waals surface area (Å²) in [6.07, 6.45) is 3.59. The van der Waals surface area contributed by atoms with Gasteiger partial charge in [0.05, 0.1) is 29.3 Å². The molecule has 0 atom stereocenters. The number of thiazole rings is 1. The second-order valence-electron chi connectivity index (χ2n) is 4.82. The monoisotopic (exact) mass is 325 g/mol. The minimum Gasteiger partial charge on any atom is -0.330 e. The minimum absolute atomic E-state index is 0.850. The zero-order valence-electron chi connectivity index (χ0n) is 11.6. The zero-order valence-corrected chi connectivity index (χ0v) is 13.3. The van der Waals surface area contributed by atoms with E-state index >= 15 is 0 Å². The van der Waals surface area contributed by atoms with Crippen LogP contribution in [0.2, 0.25) is 0 Å². The number of hydrogen-bond acceptors (Lipinski definition) is 7. The van der Waals surface area contributed by atoms with Gasteiger partial charge in [-0.2, -0.15) is 8.75 Å². The first-order chi connectivity index (χ1) is 10.8. The highest BCUT2D eigenvalue weighted by Crippen LogP contribution is 2.29. The summed E-state index contributed by atoms with van der Waals surface area (Å²) in [5, 5.41) is 6.20. The molecule has 22 heavy (non-hydrogen) atoms. The van der Waals surface area contributed by atoms with Gasteiger partial charge in [0.15, 0.2) is 5.13 Å². The molecule has 1 N–H and O–H groups in total. The Kier molecular flexibility index (Phi) is 3.28. The number of rotatable bonds is 3. The first kappa shape index (κ1) is 13.3. The predicted molar refractivity (Wildman–Crippen MR) is 90.8 cm³/mol. The van der Waals surface area contributed by atoms with Crippen LogP contribution in [0.4, 0.5) is 10.8 Å². The summed E-state index contributed by atoms with van der Waals surface area (Å²) in [6, 6.07) is 8.00. The van der Waals surface area contributed by atoms with Gasteiger partial charge >= 0.3 is 0 Å². The zero-order chi connectivity index (χ0) is 14.9. The Morgan fingerprint density at radius 2 is 2.00 bits per heavy atom. The Bertz CT molecular complexity index is 944. The lowest BCUT2D eigenvalue weighted by molar-refractivity contribution is 1.27. The van der Waals surface area contributed by atoms with Crippen molar-refractivity contribution in [3.05, 3.63) is 47.6 Å². The number of pyridine rings is 1. The van der Waals surface area contributed by atoms with E-state index in [9.17, 15) is 0 Å². The van der Waals surface area contributed by atoms with E-state index in [2.05, 4.69) is 24.0 Å². The lowest BCUT2D eigenvalue weighted by atomic mass is 10.1. The Morgan fingerprint density at radius 1 is 1.09 bits per heavy atom. The van der Waals surface area contributed by atoms with Crippen molar-refractivity contribution in [2.45, 2.75) is 6.92 Å². The smallest absolute Gasteiger partial charge is 0.187 e. The summed E-state index contributed by atoms with van der Waals surface area (Å²) >= 11 is 2.80. The number of hydrogen-bond donors (Lipinski definition) is 1. The molecule has 5 nitrogen and oxygen atoms in total. The van der Waals surface area contributed by atoms with Crippen LogP contribution in [0.15, 0.2) is 42.0 Å². The molecule has 0 bridgehead atoms. The Hall–Kier alpha value is -2.38. The standard InChI is InChI=1S/C15H11N5S2/c1-9-4-5-16-7-13(9)17-15-18-14(8-21-15)10-2-3-11-12(6-10)20-22-19-11/h2-8H,1H3,(H,17,18). The molecule has 0 unspecified atom stereocenters. The van der Waals surface area contributed by atoms with Gasteiger partial charge < -0.3 is 5.32 Å². The second-order valence-corrected chi connectivity index (χ2v) is 6.21. The summed E-state index contributed by atoms with van der Waals surface area (Å²) in [7, 11) is 0. The lowest BCUT2D eigenvalue weighted by Gasteiger charge is -2.04. The number of aromatic nitrogens is 4. The molecular weight excluding hydrogens is 314 g/mol. The number of nitrogens with one attached hydrogen (secondary N) is 1. The van der Waals surface area contributed by atoms with Crippen LogP contribution in [-0.2, 0) is 0 Å². The molecule has 0 fully saturated rings. The van der Waals surface area contributed by atoms with Crippen molar-refractivity contribution < 1.29 is 0 Å². The van der Waals surface area contributed by atoms with E-state index in [4.69, 9.17) is 0 Å². The molecule has 0 aliphatic carbocycles. The summed E-state index contributed by atoms with van der Waals surface area (Å²) < 4.78 is 8.49. The highest BCUT2D eigenvalue weighted by atomic mass is 32.1. The maximum absolute atomic E-state index is 4.64. The van der Waals surface area contributed by atoms with Gasteiger partial charge in [-0.05, 0) is 30.7 Å². The third-order valence-electron chi connectivity index (χ3n) is 3.33. The van der Waals surface area contributed by atoms with Gasteiger partial charge in [0.1, 0.15) is 11.0 Å². The van der Waals surface area contributed by atoms with E-state index in [0.29, 0.717) is 0 Å². The largest absolute Gasteiger partial charge is 0.330 e. The molecule has 3 aromatic heterocycles. The van der Waals surface area contributed by atoms with Gasteiger partial charge in [-0.3, -0.25) is 4.98 Å². The van der Waals surface area contributed by atoms with Crippen molar-refractivity contribution in [2.24, 2.45) is 0 Å². The van der Waals surface area contributed by atoms with Crippen molar-refractivity contribution in [2.75, 3.05) is 5.32 Å². The average molecular weight is 325 g/mol. The maximum atomic E-state index is 4.64. The van der Waals surface area contributed by atoms with Crippen LogP contribution >= 0.6 is 23.1 Å². The first-order valence-electron chi connectivity index (χ1n) is 6.65. The van der Waals surface area contributed by atoms with Crippen LogP contribution in [0.5, 0.6) is 0 Å². The van der Waals surface area contributed by atoms with Crippen LogP contribution in [0.25, 0.3) is 22.3 Å². The van der Waals surface area contributed by atoms with Gasteiger partial charge in [0.25, 0.3) is 0 Å². The van der Waals surface area contributed by atoms with E-state index in [1.54, 1.807) is 17.5 Å². The van der Waals surface area contributed by atoms with Gasteiger partial charge in [0, 0.05) is 17.1 Å². The molecule has 0 aliphatic rings. The number of anilines is 2. The summed E-state index contributed by atoms with van der Waals surface area (Å²) in [5.74, 6) is 0. The van der Waals surface area contributed by atoms with Crippen molar-refractivity contribution in [1.82, 2.24) is 18.7 Å². The van der Waals surface area contributed by atoms with Crippen molar-refractivity contribution in [3.8, 4) is 11.3 Å². The number of benzene rings is 1. The fourth-order valence-corrected chi connectivity index (χ4v) is 3.36. The first-order valence-corrected chi connectivity index (χ1v) is 8.26. The van der Waals surface area contributed by atoms with Gasteiger partial charge in [0.2, 0.25) is 0 Å². The van der Waals surface area contributed by atoms with Gasteiger partial charge in [-0.1, -0.05) is 6.07 Å². The average Bonchev–Trinajstić information content (AvgIpc) is 3.17. The molecule has 0 aliphatic heterocycles. The highest BCUT2D eigenvalue weighted by Gasteiger charge is 2.08. The SMILES string of the molecule is Cc1ccncc1Nc1nc(-c2ccc3nsnc3c2)cs1. The molecule has 7 heteroatoms. The molecule has 3 heterocycles. The van der Waals surface area contributed by atoms with Crippen LogP contribution in [0.1, 0.15) is 5.56 Å². The fourth-order valence-electron chi connectivity index (χ4n) is 2.12. The molecule has 0 radical (unpaired) electrons. The maximum Gasteiger partial charge on any atom is 0.187 e. The van der Waals surface area contributed by atoms with E-state index in [-0.39, 0.29) is 0 Å². The van der Waals surface area contributed by atoms with E-state index in [1.807, 2.05) is 42.8 Å². The molecule has 108 valence electrons. The number of nitrogens with zero attached hydrogens (tertiary/aromatic N) is 4. The number of fused-ring (bicyclic) bond motifs is 1. The lowest BCUT2D eigenvalue weighted by Crippen LogP contribution is -1.93. The third-order valence-corrected chi connectivity index (χ3v) is 4.65. The van der Waals surface area contributed by atoms with E-state index in [0.717, 1.165) is 38.7 Å². The van der Waals surface area contributed by atoms with Crippen LogP contribution in [-0.4, -0.2) is 18.7 Å². The minimum atomic E-state index is 0.850. The molecule has 4 aromatic rings. The van der Waals surface area contributed by atoms with Crippen molar-refractivity contribution in [3.63, 3.8) is 0 Å². The molecule has 1 aromatic carbocycles. The normalized spacial score (nSPS) is 11.0. The summed E-state index contributed by atoms with van der Waals surface area (Å²) in [5.41, 5.74) is 5.93. The molecule has 4 rings (SSSR count). The van der Waals surface area contributed by atoms with Crippen LogP contribution in [0, 0.1) is 6.92 Å². The van der Waals surface area contributed by atoms with Crippen LogP contribution in [0.3, 0.4) is 0 Å². The topological polar surface area (TPSA) is 63.6 Å². The Morgan fingerprint density at radius 3 is 2.91 bits per heavy atom. The summed E-state index contributed by atoms with van der Waals surface area (Å²) in [6.45, 7) is 2.04. The Labute approximate surface area is 135 Å². The quantitative estimate of drug-likeness (QED) is 0.609. The Balaban J connectivity index is 1.64. The second kappa shape index (κ2) is 5.43. The molecule has 0 amide bonds. The molecule has 0 saturated carbocycles. The van der Waals surface area contributed by atoms with Crippen molar-refractivity contribution in [1.29, 1.82) is 0 Å². The van der Waals surface area contributed by atoms with Gasteiger partial charge in [-0.15, -0.1) is 11.3 Å². The molecular formula is C15H11N5S2. The van der Waals surface area contributed by atoms with Crippen molar-refractivity contribution >= 4 is 44.9 Å². The van der Waals surface area contributed by atoms with E-state index in [1.165, 1.54) is 11.7 Å². The fraction of sp³-hybridized carbons (Fsp3) is 0.0667. The summed E-state index contributed by atoms with van der Waals surface area (Å²) in [4.78, 5) is 8.78. The molecule has 0 spiro atoms. The van der Waals surface area contributed by atoms with Gasteiger partial charge in [-0.25, -0.2) is 4.98 Å².